The van der Waals surface area contributed by atoms with Gasteiger partial charge in [-0.15, -0.1) is 0 Å². The topological polar surface area (TPSA) is 62.7 Å². The zero-order chi connectivity index (χ0) is 20.0. The molecule has 2 unspecified atom stereocenters. The monoisotopic (exact) mass is 399 g/mol. The summed E-state index contributed by atoms with van der Waals surface area (Å²) in [5.74, 6) is 2.78. The molecule has 0 aliphatic carbocycles. The molecular formula is C22H29N3O2S. The van der Waals surface area contributed by atoms with Crippen molar-refractivity contribution in [1.29, 1.82) is 0 Å². The van der Waals surface area contributed by atoms with Crippen LogP contribution in [0.15, 0.2) is 59.6 Å². The van der Waals surface area contributed by atoms with E-state index in [0.717, 1.165) is 23.3 Å². The van der Waals surface area contributed by atoms with Crippen LogP contribution in [0.25, 0.3) is 0 Å². The lowest BCUT2D eigenvalue weighted by Gasteiger charge is -2.38. The van der Waals surface area contributed by atoms with Gasteiger partial charge >= 0.3 is 0 Å². The van der Waals surface area contributed by atoms with Gasteiger partial charge in [-0.3, -0.25) is 9.20 Å². The smallest absolute Gasteiger partial charge is 0.191 e. The number of benzene rings is 2. The molecule has 150 valence electrons. The zero-order valence-corrected chi connectivity index (χ0v) is 17.6. The lowest BCUT2D eigenvalue weighted by Crippen LogP contribution is -2.46. The van der Waals surface area contributed by atoms with E-state index in [1.807, 2.05) is 48.5 Å². The predicted octanol–water partition coefficient (Wildman–Crippen LogP) is 3.40. The van der Waals surface area contributed by atoms with E-state index in [1.54, 1.807) is 7.05 Å². The highest BCUT2D eigenvalue weighted by atomic mass is 32.2. The molecule has 1 aliphatic rings. The third-order valence-electron chi connectivity index (χ3n) is 4.70. The highest BCUT2D eigenvalue weighted by molar-refractivity contribution is 7.84. The fourth-order valence-corrected chi connectivity index (χ4v) is 4.44. The Kier molecular flexibility index (Phi) is 6.73. The number of para-hydroxylation sites is 1. The van der Waals surface area contributed by atoms with Crippen molar-refractivity contribution in [3.05, 3.63) is 65.7 Å². The minimum Gasteiger partial charge on any atom is -0.487 e. The van der Waals surface area contributed by atoms with Gasteiger partial charge < -0.3 is 15.4 Å². The Labute approximate surface area is 170 Å². The van der Waals surface area contributed by atoms with Crippen LogP contribution in [0.2, 0.25) is 0 Å². The van der Waals surface area contributed by atoms with Gasteiger partial charge in [0.15, 0.2) is 5.96 Å². The first-order chi connectivity index (χ1) is 13.5. The molecule has 2 aromatic carbocycles. The van der Waals surface area contributed by atoms with E-state index < -0.39 is 10.8 Å². The highest BCUT2D eigenvalue weighted by Crippen LogP contribution is 2.39. The second kappa shape index (κ2) is 9.24. The number of nitrogens with one attached hydrogen (secondary N) is 2. The average molecular weight is 400 g/mol. The standard InChI is InChI=1S/C22H29N3O2S/c1-22(2)15-19(18-11-7-8-12-20(18)27-22)25-21(23-3)24-13-14-28(26)16-17-9-5-4-6-10-17/h4-12,19H,13-16H2,1-3H3,(H2,23,24,25). The molecule has 0 amide bonds. The van der Waals surface area contributed by atoms with Crippen molar-refractivity contribution in [1.82, 2.24) is 10.6 Å². The molecule has 0 saturated carbocycles. The van der Waals surface area contributed by atoms with E-state index in [-0.39, 0.29) is 11.6 Å². The summed E-state index contributed by atoms with van der Waals surface area (Å²) in [4.78, 5) is 4.34. The summed E-state index contributed by atoms with van der Waals surface area (Å²) in [6.45, 7) is 4.80. The Morgan fingerprint density at radius 2 is 1.89 bits per heavy atom. The normalized spacial score (nSPS) is 19.2. The highest BCUT2D eigenvalue weighted by Gasteiger charge is 2.33. The molecule has 28 heavy (non-hydrogen) atoms. The molecule has 0 aromatic heterocycles. The van der Waals surface area contributed by atoms with E-state index in [9.17, 15) is 4.21 Å². The van der Waals surface area contributed by atoms with Gasteiger partial charge in [0.05, 0.1) is 6.04 Å². The number of nitrogens with zero attached hydrogens (tertiary/aromatic N) is 1. The van der Waals surface area contributed by atoms with Crippen molar-refractivity contribution in [2.45, 2.75) is 37.7 Å². The SMILES string of the molecule is CN=C(NCCS(=O)Cc1ccccc1)NC1CC(C)(C)Oc2ccccc21. The summed E-state index contributed by atoms with van der Waals surface area (Å²) in [5, 5.41) is 6.80. The summed E-state index contributed by atoms with van der Waals surface area (Å²) in [6, 6.07) is 18.2. The van der Waals surface area contributed by atoms with Crippen LogP contribution in [0.4, 0.5) is 0 Å². The summed E-state index contributed by atoms with van der Waals surface area (Å²) >= 11 is 0. The van der Waals surface area contributed by atoms with Crippen LogP contribution < -0.4 is 15.4 Å². The Morgan fingerprint density at radius 3 is 2.64 bits per heavy atom. The molecular weight excluding hydrogens is 370 g/mol. The Morgan fingerprint density at radius 1 is 1.18 bits per heavy atom. The van der Waals surface area contributed by atoms with Gasteiger partial charge in [-0.1, -0.05) is 48.5 Å². The molecule has 0 spiro atoms. The minimum absolute atomic E-state index is 0.112. The predicted molar refractivity (Wildman–Crippen MR) is 116 cm³/mol. The average Bonchev–Trinajstić information content (AvgIpc) is 2.67. The fraction of sp³-hybridized carbons (Fsp3) is 0.409. The van der Waals surface area contributed by atoms with Crippen LogP contribution in [-0.4, -0.2) is 35.1 Å². The van der Waals surface area contributed by atoms with Crippen LogP contribution >= 0.6 is 0 Å². The van der Waals surface area contributed by atoms with E-state index in [2.05, 4.69) is 35.5 Å². The second-order valence-corrected chi connectivity index (χ2v) is 9.15. The molecule has 2 N–H and O–H groups in total. The van der Waals surface area contributed by atoms with Crippen molar-refractivity contribution >= 4 is 16.8 Å². The van der Waals surface area contributed by atoms with Gasteiger partial charge in [0.2, 0.25) is 0 Å². The van der Waals surface area contributed by atoms with Crippen molar-refractivity contribution in [3.63, 3.8) is 0 Å². The molecule has 2 aromatic rings. The number of fused-ring (bicyclic) bond motifs is 1. The van der Waals surface area contributed by atoms with Crippen molar-refractivity contribution in [2.75, 3.05) is 19.3 Å². The van der Waals surface area contributed by atoms with Gasteiger partial charge in [0.1, 0.15) is 11.4 Å². The third kappa shape index (κ3) is 5.58. The first kappa shape index (κ1) is 20.4. The van der Waals surface area contributed by atoms with E-state index >= 15 is 0 Å². The van der Waals surface area contributed by atoms with Crippen LogP contribution in [0.5, 0.6) is 5.75 Å². The number of hydrogen-bond donors (Lipinski definition) is 2. The molecule has 0 radical (unpaired) electrons. The number of ether oxygens (including phenoxy) is 1. The van der Waals surface area contributed by atoms with Gasteiger partial charge in [-0.05, 0) is 25.5 Å². The summed E-state index contributed by atoms with van der Waals surface area (Å²) in [7, 11) is 0.846. The maximum absolute atomic E-state index is 12.3. The maximum Gasteiger partial charge on any atom is 0.191 e. The van der Waals surface area contributed by atoms with Gasteiger partial charge in [0, 0.05) is 47.9 Å². The number of hydrogen-bond acceptors (Lipinski definition) is 3. The Balaban J connectivity index is 1.54. The third-order valence-corrected chi connectivity index (χ3v) is 6.02. The van der Waals surface area contributed by atoms with Gasteiger partial charge in [0.25, 0.3) is 0 Å². The second-order valence-electron chi connectivity index (χ2n) is 7.57. The molecule has 6 heteroatoms. The Bertz CT molecular complexity index is 837. The van der Waals surface area contributed by atoms with E-state index in [0.29, 0.717) is 24.0 Å². The number of aliphatic imine (C=N–C) groups is 1. The molecule has 3 rings (SSSR count). The molecule has 2 atom stereocenters. The first-order valence-corrected chi connectivity index (χ1v) is 11.1. The fourth-order valence-electron chi connectivity index (χ4n) is 3.41. The molecule has 1 aliphatic heterocycles. The lowest BCUT2D eigenvalue weighted by atomic mass is 9.90. The van der Waals surface area contributed by atoms with Gasteiger partial charge in [-0.2, -0.15) is 0 Å². The van der Waals surface area contributed by atoms with Crippen LogP contribution in [0, 0.1) is 0 Å². The summed E-state index contributed by atoms with van der Waals surface area (Å²) < 4.78 is 18.4. The first-order valence-electron chi connectivity index (χ1n) is 9.61. The van der Waals surface area contributed by atoms with Crippen molar-refractivity contribution < 1.29 is 8.95 Å². The molecule has 1 heterocycles. The van der Waals surface area contributed by atoms with Crippen LogP contribution in [-0.2, 0) is 16.6 Å². The van der Waals surface area contributed by atoms with Crippen molar-refractivity contribution in [2.24, 2.45) is 4.99 Å². The molecule has 0 fully saturated rings. The van der Waals surface area contributed by atoms with E-state index in [1.165, 1.54) is 0 Å². The molecule has 5 nitrogen and oxygen atoms in total. The van der Waals surface area contributed by atoms with E-state index in [4.69, 9.17) is 4.74 Å². The lowest BCUT2D eigenvalue weighted by molar-refractivity contribution is 0.0694. The van der Waals surface area contributed by atoms with Gasteiger partial charge in [-0.25, -0.2) is 0 Å². The largest absolute Gasteiger partial charge is 0.487 e. The number of rotatable bonds is 6. The molecule has 0 bridgehead atoms. The Hall–Kier alpha value is -2.34. The quantitative estimate of drug-likeness (QED) is 0.577. The van der Waals surface area contributed by atoms with Crippen molar-refractivity contribution in [3.8, 4) is 5.75 Å². The summed E-state index contributed by atoms with van der Waals surface area (Å²) in [5.41, 5.74) is 1.99. The number of guanidine groups is 1. The molecule has 0 saturated heterocycles. The van der Waals surface area contributed by atoms with Crippen LogP contribution in [0.3, 0.4) is 0 Å². The zero-order valence-electron chi connectivity index (χ0n) is 16.8. The maximum atomic E-state index is 12.3. The van der Waals surface area contributed by atoms with Crippen LogP contribution in [0.1, 0.15) is 37.4 Å². The minimum atomic E-state index is -0.910. The summed E-state index contributed by atoms with van der Waals surface area (Å²) in [6.07, 6.45) is 0.838.